The van der Waals surface area contributed by atoms with Crippen LogP contribution >= 0.6 is 0 Å². The summed E-state index contributed by atoms with van der Waals surface area (Å²) in [5, 5.41) is 8.93. The number of nitrogens with zero attached hydrogens (tertiary/aromatic N) is 1. The molecular weight excluding hydrogens is 642 g/mol. The number of carbonyl (C=O) groups excluding carboxylic acids is 5. The molecule has 2 atom stereocenters. The number of amides is 2. The lowest BCUT2D eigenvalue weighted by Crippen LogP contribution is -2.32. The predicted octanol–water partition coefficient (Wildman–Crippen LogP) is 1.30. The van der Waals surface area contributed by atoms with Crippen molar-refractivity contribution in [1.29, 1.82) is 0 Å². The molecule has 0 bridgehead atoms. The van der Waals surface area contributed by atoms with Gasteiger partial charge in [0.25, 0.3) is 11.8 Å². The van der Waals surface area contributed by atoms with E-state index in [1.807, 2.05) is 6.92 Å². The molecule has 0 aromatic carbocycles. The van der Waals surface area contributed by atoms with Crippen molar-refractivity contribution in [2.24, 2.45) is 0 Å². The number of hydrogen-bond acceptors (Lipinski definition) is 16. The molecule has 1 fully saturated rings. The molecule has 1 rings (SSSR count). The van der Waals surface area contributed by atoms with Crippen LogP contribution in [0.1, 0.15) is 40.5 Å². The second-order valence-corrected chi connectivity index (χ2v) is 10.1. The van der Waals surface area contributed by atoms with Gasteiger partial charge in [0.15, 0.2) is 0 Å². The van der Waals surface area contributed by atoms with Crippen molar-refractivity contribution in [3.8, 4) is 0 Å². The fraction of sp³-hybridized carbons (Fsp3) is 0.710. The Labute approximate surface area is 281 Å². The average molecular weight is 694 g/mol. The molecule has 2 amide bonds. The number of hydrogen-bond donors (Lipinski definition) is 1. The Kier molecular flexibility index (Phi) is 26.5. The SMILES string of the molecule is C=C(C)C(=O)OCCOCCOC(C)COCCO.C=C(C)C(=O)OCCOCCOC(C)COCCOC(=O)ON1C(=O)CCC1=O. The average Bonchev–Trinajstić information content (AvgIpc) is 3.35. The van der Waals surface area contributed by atoms with Gasteiger partial charge in [-0.3, -0.25) is 14.4 Å². The molecule has 0 spiro atoms. The first-order chi connectivity index (χ1) is 22.9. The Bertz CT molecular complexity index is 972. The minimum absolute atomic E-state index is 0.0126. The van der Waals surface area contributed by atoms with Gasteiger partial charge in [-0.1, -0.05) is 18.2 Å². The van der Waals surface area contributed by atoms with E-state index in [9.17, 15) is 24.0 Å². The molecule has 17 nitrogen and oxygen atoms in total. The number of aliphatic hydroxyl groups excluding tert-OH is 1. The van der Waals surface area contributed by atoms with Crippen LogP contribution in [0, 0.1) is 0 Å². The highest BCUT2D eigenvalue weighted by atomic mass is 16.8. The zero-order valence-electron chi connectivity index (χ0n) is 28.4. The zero-order chi connectivity index (χ0) is 36.2. The molecule has 1 heterocycles. The Morgan fingerprint density at radius 2 is 1.04 bits per heavy atom. The van der Waals surface area contributed by atoms with Crippen molar-refractivity contribution in [2.75, 3.05) is 92.5 Å². The van der Waals surface area contributed by atoms with E-state index < -0.39 is 29.9 Å². The summed E-state index contributed by atoms with van der Waals surface area (Å²) in [5.41, 5.74) is 0.710. The van der Waals surface area contributed by atoms with E-state index in [1.54, 1.807) is 20.8 Å². The van der Waals surface area contributed by atoms with Crippen LogP contribution in [0.25, 0.3) is 0 Å². The van der Waals surface area contributed by atoms with Crippen LogP contribution in [0.15, 0.2) is 24.3 Å². The quantitative estimate of drug-likeness (QED) is 0.0446. The van der Waals surface area contributed by atoms with Crippen molar-refractivity contribution >= 4 is 29.9 Å². The molecular formula is C31H51NO16. The summed E-state index contributed by atoms with van der Waals surface area (Å²) in [7, 11) is 0. The molecule has 0 radical (unpaired) electrons. The van der Waals surface area contributed by atoms with Gasteiger partial charge in [0.05, 0.1) is 84.9 Å². The summed E-state index contributed by atoms with van der Waals surface area (Å²) in [6.07, 6.45) is -1.38. The minimum Gasteiger partial charge on any atom is -0.460 e. The summed E-state index contributed by atoms with van der Waals surface area (Å²) in [6.45, 7) is 17.3. The van der Waals surface area contributed by atoms with Gasteiger partial charge in [0.2, 0.25) is 0 Å². The molecule has 1 N–H and O–H groups in total. The van der Waals surface area contributed by atoms with Gasteiger partial charge in [0, 0.05) is 24.0 Å². The van der Waals surface area contributed by atoms with E-state index >= 15 is 0 Å². The van der Waals surface area contributed by atoms with Crippen LogP contribution in [0.5, 0.6) is 0 Å². The van der Waals surface area contributed by atoms with Crippen LogP contribution in [-0.2, 0) is 66.6 Å². The van der Waals surface area contributed by atoms with E-state index in [4.69, 9.17) is 47.7 Å². The number of rotatable bonds is 26. The van der Waals surface area contributed by atoms with Crippen molar-refractivity contribution in [2.45, 2.75) is 52.7 Å². The largest absolute Gasteiger partial charge is 0.534 e. The third-order valence-corrected chi connectivity index (χ3v) is 5.44. The Balaban J connectivity index is 0.00000101. The fourth-order valence-electron chi connectivity index (χ4n) is 3.06. The number of carbonyl (C=O) groups is 5. The van der Waals surface area contributed by atoms with Crippen LogP contribution in [-0.4, -0.2) is 145 Å². The van der Waals surface area contributed by atoms with E-state index in [2.05, 4.69) is 18.0 Å². The van der Waals surface area contributed by atoms with E-state index in [0.717, 1.165) is 0 Å². The monoisotopic (exact) mass is 693 g/mol. The topological polar surface area (TPSA) is 201 Å². The molecule has 276 valence electrons. The summed E-state index contributed by atoms with van der Waals surface area (Å²) in [5.74, 6) is -2.02. The number of ether oxygens (including phenoxy) is 9. The van der Waals surface area contributed by atoms with Crippen LogP contribution < -0.4 is 0 Å². The van der Waals surface area contributed by atoms with Gasteiger partial charge >= 0.3 is 18.1 Å². The highest BCUT2D eigenvalue weighted by Crippen LogP contribution is 2.12. The van der Waals surface area contributed by atoms with Crippen LogP contribution in [0.4, 0.5) is 4.79 Å². The van der Waals surface area contributed by atoms with Crippen LogP contribution in [0.3, 0.4) is 0 Å². The second-order valence-electron chi connectivity index (χ2n) is 10.1. The molecule has 1 aliphatic heterocycles. The smallest absolute Gasteiger partial charge is 0.460 e. The van der Waals surface area contributed by atoms with Gasteiger partial charge in [-0.05, 0) is 27.7 Å². The maximum Gasteiger partial charge on any atom is 0.534 e. The second kappa shape index (κ2) is 28.6. The summed E-state index contributed by atoms with van der Waals surface area (Å²) >= 11 is 0. The van der Waals surface area contributed by atoms with Crippen molar-refractivity contribution in [3.05, 3.63) is 24.3 Å². The van der Waals surface area contributed by atoms with Crippen molar-refractivity contribution in [1.82, 2.24) is 5.06 Å². The van der Waals surface area contributed by atoms with Gasteiger partial charge in [-0.25, -0.2) is 14.4 Å². The first-order valence-corrected chi connectivity index (χ1v) is 15.4. The molecule has 0 aliphatic carbocycles. The lowest BCUT2D eigenvalue weighted by molar-refractivity contribution is -0.177. The first kappa shape index (κ1) is 44.5. The number of aliphatic hydroxyl groups is 1. The van der Waals surface area contributed by atoms with Crippen LogP contribution in [0.2, 0.25) is 0 Å². The van der Waals surface area contributed by atoms with Crippen molar-refractivity contribution < 1.29 is 76.5 Å². The van der Waals surface area contributed by atoms with E-state index in [0.29, 0.717) is 62.5 Å². The molecule has 0 saturated carbocycles. The number of hydroxylamine groups is 2. The zero-order valence-corrected chi connectivity index (χ0v) is 28.4. The normalized spacial score (nSPS) is 13.6. The molecule has 2 unspecified atom stereocenters. The van der Waals surface area contributed by atoms with Gasteiger partial charge in [-0.2, -0.15) is 0 Å². The summed E-state index contributed by atoms with van der Waals surface area (Å²) < 4.78 is 46.2. The van der Waals surface area contributed by atoms with Crippen molar-refractivity contribution in [3.63, 3.8) is 0 Å². The van der Waals surface area contributed by atoms with E-state index in [1.165, 1.54) is 0 Å². The number of esters is 2. The first-order valence-electron chi connectivity index (χ1n) is 15.4. The molecule has 17 heteroatoms. The Hall–Kier alpha value is -3.45. The van der Waals surface area contributed by atoms with Gasteiger partial charge < -0.3 is 47.7 Å². The highest BCUT2D eigenvalue weighted by Gasteiger charge is 2.33. The van der Waals surface area contributed by atoms with Gasteiger partial charge in [-0.15, -0.1) is 0 Å². The maximum absolute atomic E-state index is 11.4. The maximum atomic E-state index is 11.4. The molecule has 1 aliphatic rings. The Morgan fingerprint density at radius 3 is 1.48 bits per heavy atom. The highest BCUT2D eigenvalue weighted by molar-refractivity contribution is 6.01. The number of imide groups is 1. The van der Waals surface area contributed by atoms with E-state index in [-0.39, 0.29) is 71.3 Å². The molecule has 0 aromatic heterocycles. The minimum atomic E-state index is -1.15. The molecule has 48 heavy (non-hydrogen) atoms. The third-order valence-electron chi connectivity index (χ3n) is 5.44. The molecule has 1 saturated heterocycles. The standard InChI is InChI=1S/C18H27NO10.C13H24O6/c1-13(2)17(22)27-10-7-24-6-9-26-14(3)12-25-8-11-28-18(23)29-19-15(20)4-5-16(19)21;1-11(2)13(15)19-9-7-16-6-8-18-12(3)10-17-5-4-14/h14H,1,4-12H2,2-3H3;12,14H,1,4-10H2,2-3H3. The molecule has 0 aromatic rings. The predicted molar refractivity (Wildman–Crippen MR) is 166 cm³/mol. The summed E-state index contributed by atoms with van der Waals surface area (Å²) in [6, 6.07) is 0. The third kappa shape index (κ3) is 24.7. The lowest BCUT2D eigenvalue weighted by Gasteiger charge is -2.14. The lowest BCUT2D eigenvalue weighted by atomic mass is 10.4. The summed E-state index contributed by atoms with van der Waals surface area (Å²) in [4.78, 5) is 60.6. The van der Waals surface area contributed by atoms with Gasteiger partial charge in [0.1, 0.15) is 19.8 Å². The fourth-order valence-corrected chi connectivity index (χ4v) is 3.06. The Morgan fingerprint density at radius 1 is 0.646 bits per heavy atom.